The normalized spacial score (nSPS) is 11.0. The smallest absolute Gasteiger partial charge is 0.250 e. The summed E-state index contributed by atoms with van der Waals surface area (Å²) in [6.45, 7) is 2.02. The summed E-state index contributed by atoms with van der Waals surface area (Å²) >= 11 is 6.98. The standard InChI is InChI=1S/C24H19N3OS2/c1-16-18(23-25-20-11-5-6-13-21(20)30-23)10-7-12-19(16)26-24(29)27-22(28)15-14-17-8-3-2-4-9-17/h2-15H,1H3,(H2,26,27,28,29)/b15-14+. The summed E-state index contributed by atoms with van der Waals surface area (Å²) in [6, 6.07) is 23.7. The van der Waals surface area contributed by atoms with Crippen molar-refractivity contribution in [3.63, 3.8) is 0 Å². The number of thiocarbonyl (C=S) groups is 1. The fourth-order valence-electron chi connectivity index (χ4n) is 3.03. The number of hydrogen-bond acceptors (Lipinski definition) is 4. The van der Waals surface area contributed by atoms with E-state index in [1.165, 1.54) is 6.08 Å². The largest absolute Gasteiger partial charge is 0.332 e. The molecular formula is C24H19N3OS2. The highest BCUT2D eigenvalue weighted by Gasteiger charge is 2.12. The molecule has 0 unspecified atom stereocenters. The van der Waals surface area contributed by atoms with Crippen LogP contribution < -0.4 is 10.6 Å². The van der Waals surface area contributed by atoms with Crippen LogP contribution >= 0.6 is 23.6 Å². The molecular weight excluding hydrogens is 410 g/mol. The first kappa shape index (κ1) is 19.9. The number of nitrogens with zero attached hydrogens (tertiary/aromatic N) is 1. The van der Waals surface area contributed by atoms with E-state index in [0.29, 0.717) is 0 Å². The number of hydrogen-bond donors (Lipinski definition) is 2. The molecule has 0 spiro atoms. The maximum Gasteiger partial charge on any atom is 0.250 e. The van der Waals surface area contributed by atoms with Gasteiger partial charge < -0.3 is 5.32 Å². The molecule has 3 aromatic carbocycles. The van der Waals surface area contributed by atoms with Gasteiger partial charge in [0.05, 0.1) is 10.2 Å². The Balaban J connectivity index is 1.47. The van der Waals surface area contributed by atoms with E-state index in [1.807, 2.05) is 73.7 Å². The highest BCUT2D eigenvalue weighted by Crippen LogP contribution is 2.34. The summed E-state index contributed by atoms with van der Waals surface area (Å²) in [4.78, 5) is 16.9. The van der Waals surface area contributed by atoms with Crippen molar-refractivity contribution < 1.29 is 4.79 Å². The van der Waals surface area contributed by atoms with Crippen molar-refractivity contribution in [1.82, 2.24) is 10.3 Å². The van der Waals surface area contributed by atoms with Crippen molar-refractivity contribution in [3.8, 4) is 10.6 Å². The van der Waals surface area contributed by atoms with Crippen molar-refractivity contribution in [1.29, 1.82) is 0 Å². The zero-order valence-electron chi connectivity index (χ0n) is 16.3. The first-order valence-corrected chi connectivity index (χ1v) is 10.6. The average molecular weight is 430 g/mol. The second-order valence-corrected chi connectivity index (χ2v) is 8.09. The van der Waals surface area contributed by atoms with Gasteiger partial charge in [-0.25, -0.2) is 4.98 Å². The van der Waals surface area contributed by atoms with Crippen LogP contribution in [0.3, 0.4) is 0 Å². The molecule has 0 fully saturated rings. The highest BCUT2D eigenvalue weighted by molar-refractivity contribution is 7.80. The van der Waals surface area contributed by atoms with E-state index in [2.05, 4.69) is 16.7 Å². The molecule has 0 aliphatic heterocycles. The van der Waals surface area contributed by atoms with Crippen LogP contribution in [0.2, 0.25) is 0 Å². The van der Waals surface area contributed by atoms with E-state index in [9.17, 15) is 4.79 Å². The molecule has 0 aliphatic rings. The van der Waals surface area contributed by atoms with E-state index < -0.39 is 0 Å². The molecule has 0 saturated carbocycles. The van der Waals surface area contributed by atoms with Gasteiger partial charge >= 0.3 is 0 Å². The minimum absolute atomic E-state index is 0.252. The van der Waals surface area contributed by atoms with Gasteiger partial charge in [-0.1, -0.05) is 54.6 Å². The van der Waals surface area contributed by atoms with Gasteiger partial charge in [0.25, 0.3) is 0 Å². The number of thiazole rings is 1. The van der Waals surface area contributed by atoms with Crippen molar-refractivity contribution in [3.05, 3.63) is 90.0 Å². The van der Waals surface area contributed by atoms with E-state index in [1.54, 1.807) is 17.4 Å². The number of benzene rings is 3. The number of fused-ring (bicyclic) bond motifs is 1. The van der Waals surface area contributed by atoms with Crippen LogP contribution in [0.15, 0.2) is 78.9 Å². The molecule has 6 heteroatoms. The Bertz CT molecular complexity index is 1210. The third kappa shape index (κ3) is 4.62. The SMILES string of the molecule is Cc1c(NC(=S)NC(=O)/C=C/c2ccccc2)cccc1-c1nc2ccccc2s1. The van der Waals surface area contributed by atoms with Gasteiger partial charge in [-0.3, -0.25) is 10.1 Å². The van der Waals surface area contributed by atoms with Crippen LogP contribution in [0.5, 0.6) is 0 Å². The van der Waals surface area contributed by atoms with E-state index >= 15 is 0 Å². The molecule has 0 atom stereocenters. The predicted octanol–water partition coefficient (Wildman–Crippen LogP) is 5.80. The molecule has 148 valence electrons. The first-order valence-electron chi connectivity index (χ1n) is 9.41. The van der Waals surface area contributed by atoms with E-state index in [4.69, 9.17) is 17.2 Å². The molecule has 0 saturated heterocycles. The van der Waals surface area contributed by atoms with E-state index in [-0.39, 0.29) is 11.0 Å². The minimum atomic E-state index is -0.281. The number of rotatable bonds is 4. The quantitative estimate of drug-likeness (QED) is 0.318. The van der Waals surface area contributed by atoms with Gasteiger partial charge in [0.2, 0.25) is 5.91 Å². The Morgan fingerprint density at radius 3 is 2.57 bits per heavy atom. The minimum Gasteiger partial charge on any atom is -0.332 e. The van der Waals surface area contributed by atoms with Crippen molar-refractivity contribution >= 4 is 56.6 Å². The third-order valence-electron chi connectivity index (χ3n) is 4.57. The van der Waals surface area contributed by atoms with Crippen LogP contribution in [-0.2, 0) is 4.79 Å². The molecule has 1 aromatic heterocycles. The average Bonchev–Trinajstić information content (AvgIpc) is 3.18. The molecule has 2 N–H and O–H groups in total. The molecule has 1 amide bonds. The number of aromatic nitrogens is 1. The summed E-state index contributed by atoms with van der Waals surface area (Å²) in [6.07, 6.45) is 3.21. The van der Waals surface area contributed by atoms with Gasteiger partial charge in [0.1, 0.15) is 5.01 Å². The van der Waals surface area contributed by atoms with Crippen LogP contribution in [-0.4, -0.2) is 16.0 Å². The highest BCUT2D eigenvalue weighted by atomic mass is 32.1. The Morgan fingerprint density at radius 1 is 1.00 bits per heavy atom. The monoisotopic (exact) mass is 429 g/mol. The van der Waals surface area contributed by atoms with Gasteiger partial charge in [0.15, 0.2) is 5.11 Å². The second kappa shape index (κ2) is 8.98. The lowest BCUT2D eigenvalue weighted by Crippen LogP contribution is -2.33. The first-order chi connectivity index (χ1) is 14.6. The van der Waals surface area contributed by atoms with Gasteiger partial charge in [0, 0.05) is 17.3 Å². The molecule has 4 aromatic rings. The number of nitrogens with one attached hydrogen (secondary N) is 2. The van der Waals surface area contributed by atoms with E-state index in [0.717, 1.165) is 37.6 Å². The maximum atomic E-state index is 12.2. The molecule has 0 aliphatic carbocycles. The topological polar surface area (TPSA) is 54.0 Å². The molecule has 0 radical (unpaired) electrons. The molecule has 0 bridgehead atoms. The Morgan fingerprint density at radius 2 is 1.77 bits per heavy atom. The Labute approximate surface area is 184 Å². The number of para-hydroxylation sites is 1. The van der Waals surface area contributed by atoms with Gasteiger partial charge in [-0.05, 0) is 54.5 Å². The van der Waals surface area contributed by atoms with Crippen LogP contribution in [0, 0.1) is 6.92 Å². The summed E-state index contributed by atoms with van der Waals surface area (Å²) in [7, 11) is 0. The van der Waals surface area contributed by atoms with Crippen molar-refractivity contribution in [2.45, 2.75) is 6.92 Å². The van der Waals surface area contributed by atoms with Gasteiger partial charge in [-0.15, -0.1) is 11.3 Å². The second-order valence-electron chi connectivity index (χ2n) is 6.65. The fourth-order valence-corrected chi connectivity index (χ4v) is 4.29. The van der Waals surface area contributed by atoms with Crippen LogP contribution in [0.25, 0.3) is 26.9 Å². The Hall–Kier alpha value is -3.35. The summed E-state index contributed by atoms with van der Waals surface area (Å²) in [5.41, 5.74) is 4.84. The zero-order chi connectivity index (χ0) is 20.9. The lowest BCUT2D eigenvalue weighted by atomic mass is 10.1. The molecule has 1 heterocycles. The lowest BCUT2D eigenvalue weighted by Gasteiger charge is -2.13. The molecule has 30 heavy (non-hydrogen) atoms. The third-order valence-corrected chi connectivity index (χ3v) is 5.84. The van der Waals surface area contributed by atoms with Crippen molar-refractivity contribution in [2.24, 2.45) is 0 Å². The fraction of sp³-hybridized carbons (Fsp3) is 0.0417. The van der Waals surface area contributed by atoms with Crippen LogP contribution in [0.4, 0.5) is 5.69 Å². The maximum absolute atomic E-state index is 12.2. The van der Waals surface area contributed by atoms with Crippen molar-refractivity contribution in [2.75, 3.05) is 5.32 Å². The molecule has 4 nitrogen and oxygen atoms in total. The summed E-state index contributed by atoms with van der Waals surface area (Å²) < 4.78 is 1.15. The summed E-state index contributed by atoms with van der Waals surface area (Å²) in [5.74, 6) is -0.281. The number of anilines is 1. The number of carbonyl (C=O) groups is 1. The lowest BCUT2D eigenvalue weighted by molar-refractivity contribution is -0.115. The summed E-state index contributed by atoms with van der Waals surface area (Å²) in [5, 5.41) is 7.02. The zero-order valence-corrected chi connectivity index (χ0v) is 17.9. The van der Waals surface area contributed by atoms with Crippen LogP contribution in [0.1, 0.15) is 11.1 Å². The predicted molar refractivity (Wildman–Crippen MR) is 130 cm³/mol. The Kier molecular flexibility index (Phi) is 5.97. The van der Waals surface area contributed by atoms with Gasteiger partial charge in [-0.2, -0.15) is 0 Å². The molecule has 4 rings (SSSR count). The number of amides is 1. The number of carbonyl (C=O) groups excluding carboxylic acids is 1.